The van der Waals surface area contributed by atoms with Crippen molar-refractivity contribution in [3.8, 4) is 11.6 Å². The lowest BCUT2D eigenvalue weighted by molar-refractivity contribution is -0.116. The molecule has 1 aromatic carbocycles. The highest BCUT2D eigenvalue weighted by Gasteiger charge is 2.13. The molecule has 3 aromatic heterocycles. The molecule has 0 fully saturated rings. The molecule has 0 atom stereocenters. The maximum atomic E-state index is 12.4. The molecule has 11 nitrogen and oxygen atoms in total. The molecule has 12 heteroatoms. The van der Waals surface area contributed by atoms with Crippen LogP contribution in [0.3, 0.4) is 0 Å². The Bertz CT molecular complexity index is 1370. The standard InChI is InChI=1S/C20H18N6O5S/c1-32(28,29)30-12-14-5-4-8-21-19(14)25-18(27)11-26-10-15(9-24-26)31-20-16-6-2-3-7-17(16)22-13-23-20/h2-10,13H,11-12H2,1H3,(H,21,25,27). The molecule has 164 valence electrons. The molecule has 0 spiro atoms. The smallest absolute Gasteiger partial charge is 0.264 e. The fourth-order valence-corrected chi connectivity index (χ4v) is 3.15. The van der Waals surface area contributed by atoms with Crippen molar-refractivity contribution in [1.82, 2.24) is 24.7 Å². The predicted molar refractivity (Wildman–Crippen MR) is 114 cm³/mol. The SMILES string of the molecule is CS(=O)(=O)OCc1cccnc1NC(=O)Cn1cc(Oc2ncnc3ccccc23)cn1. The van der Waals surface area contributed by atoms with E-state index in [-0.39, 0.29) is 19.0 Å². The van der Waals surface area contributed by atoms with Crippen LogP contribution in [0.15, 0.2) is 61.3 Å². The lowest BCUT2D eigenvalue weighted by Crippen LogP contribution is -2.20. The number of aromatic nitrogens is 5. The predicted octanol–water partition coefficient (Wildman–Crippen LogP) is 2.13. The van der Waals surface area contributed by atoms with E-state index in [4.69, 9.17) is 8.92 Å². The third-order valence-corrected chi connectivity index (χ3v) is 4.76. The topological polar surface area (TPSA) is 138 Å². The number of anilines is 1. The Hall–Kier alpha value is -3.90. The third kappa shape index (κ3) is 5.42. The van der Waals surface area contributed by atoms with Crippen molar-refractivity contribution in [2.75, 3.05) is 11.6 Å². The number of nitrogens with zero attached hydrogens (tertiary/aromatic N) is 5. The summed E-state index contributed by atoms with van der Waals surface area (Å²) < 4.78 is 34.4. The van der Waals surface area contributed by atoms with Crippen LogP contribution in [0.4, 0.5) is 5.82 Å². The van der Waals surface area contributed by atoms with Gasteiger partial charge in [0.2, 0.25) is 11.8 Å². The summed E-state index contributed by atoms with van der Waals surface area (Å²) in [5.74, 6) is 0.578. The minimum atomic E-state index is -3.63. The highest BCUT2D eigenvalue weighted by Crippen LogP contribution is 2.25. The first-order valence-electron chi connectivity index (χ1n) is 9.35. The minimum Gasteiger partial charge on any atom is -0.435 e. The van der Waals surface area contributed by atoms with Gasteiger partial charge in [-0.25, -0.2) is 15.0 Å². The van der Waals surface area contributed by atoms with Crippen LogP contribution < -0.4 is 10.1 Å². The fraction of sp³-hybridized carbons (Fsp3) is 0.150. The van der Waals surface area contributed by atoms with Gasteiger partial charge in [-0.3, -0.25) is 13.7 Å². The van der Waals surface area contributed by atoms with Crippen LogP contribution >= 0.6 is 0 Å². The summed E-state index contributed by atoms with van der Waals surface area (Å²) in [7, 11) is -3.63. The number of hydrogen-bond acceptors (Lipinski definition) is 9. The molecular weight excluding hydrogens is 436 g/mol. The molecule has 0 aliphatic rings. The molecule has 0 unspecified atom stereocenters. The number of para-hydroxylation sites is 1. The van der Waals surface area contributed by atoms with Crippen LogP contribution in [-0.4, -0.2) is 45.3 Å². The van der Waals surface area contributed by atoms with E-state index < -0.39 is 16.0 Å². The summed E-state index contributed by atoms with van der Waals surface area (Å²) in [5.41, 5.74) is 1.17. The van der Waals surface area contributed by atoms with Gasteiger partial charge in [-0.15, -0.1) is 0 Å². The number of benzene rings is 1. The van der Waals surface area contributed by atoms with Crippen LogP contribution in [0.1, 0.15) is 5.56 Å². The van der Waals surface area contributed by atoms with Crippen LogP contribution in [-0.2, 0) is 32.2 Å². The summed E-state index contributed by atoms with van der Waals surface area (Å²) in [5, 5.41) is 7.51. The minimum absolute atomic E-state index is 0.114. The third-order valence-electron chi connectivity index (χ3n) is 4.21. The highest BCUT2D eigenvalue weighted by atomic mass is 32.2. The van der Waals surface area contributed by atoms with Crippen molar-refractivity contribution in [1.29, 1.82) is 0 Å². The Morgan fingerprint density at radius 2 is 1.97 bits per heavy atom. The van der Waals surface area contributed by atoms with E-state index >= 15 is 0 Å². The van der Waals surface area contributed by atoms with Crippen molar-refractivity contribution in [2.45, 2.75) is 13.2 Å². The number of carbonyl (C=O) groups excluding carboxylic acids is 1. The fourth-order valence-electron chi connectivity index (χ4n) is 2.81. The molecule has 0 saturated carbocycles. The number of rotatable bonds is 8. The van der Waals surface area contributed by atoms with E-state index in [0.717, 1.165) is 17.2 Å². The summed E-state index contributed by atoms with van der Waals surface area (Å²) in [6, 6.07) is 10.7. The maximum Gasteiger partial charge on any atom is 0.264 e. The normalized spacial score (nSPS) is 11.4. The van der Waals surface area contributed by atoms with Crippen molar-refractivity contribution >= 4 is 32.7 Å². The van der Waals surface area contributed by atoms with E-state index in [1.807, 2.05) is 24.3 Å². The monoisotopic (exact) mass is 454 g/mol. The molecule has 0 radical (unpaired) electrons. The Balaban J connectivity index is 1.41. The second-order valence-corrected chi connectivity index (χ2v) is 8.34. The van der Waals surface area contributed by atoms with E-state index in [1.165, 1.54) is 23.4 Å². The molecular formula is C20H18N6O5S. The first-order valence-corrected chi connectivity index (χ1v) is 11.2. The molecule has 4 aromatic rings. The molecule has 1 N–H and O–H groups in total. The number of fused-ring (bicyclic) bond motifs is 1. The van der Waals surface area contributed by atoms with Crippen LogP contribution in [0, 0.1) is 0 Å². The van der Waals surface area contributed by atoms with E-state index in [0.29, 0.717) is 17.2 Å². The Labute approximate surface area is 183 Å². The highest BCUT2D eigenvalue weighted by molar-refractivity contribution is 7.85. The number of carbonyl (C=O) groups is 1. The van der Waals surface area contributed by atoms with Gasteiger partial charge in [0.15, 0.2) is 5.75 Å². The lowest BCUT2D eigenvalue weighted by atomic mass is 10.2. The van der Waals surface area contributed by atoms with Crippen LogP contribution in [0.2, 0.25) is 0 Å². The van der Waals surface area contributed by atoms with Crippen molar-refractivity contribution in [2.24, 2.45) is 0 Å². The zero-order valence-electron chi connectivity index (χ0n) is 16.9. The molecule has 0 saturated heterocycles. The van der Waals surface area contributed by atoms with Crippen molar-refractivity contribution in [3.63, 3.8) is 0 Å². The maximum absolute atomic E-state index is 12.4. The Morgan fingerprint density at radius 3 is 2.81 bits per heavy atom. The molecule has 0 aliphatic carbocycles. The summed E-state index contributed by atoms with van der Waals surface area (Å²) >= 11 is 0. The summed E-state index contributed by atoms with van der Waals surface area (Å²) in [6.07, 6.45) is 6.86. The number of hydrogen-bond donors (Lipinski definition) is 1. The van der Waals surface area contributed by atoms with Gasteiger partial charge in [-0.1, -0.05) is 18.2 Å². The number of pyridine rings is 1. The first-order chi connectivity index (χ1) is 15.4. The number of nitrogens with one attached hydrogen (secondary N) is 1. The molecule has 0 bridgehead atoms. The summed E-state index contributed by atoms with van der Waals surface area (Å²) in [6.45, 7) is -0.355. The first kappa shape index (κ1) is 21.3. The lowest BCUT2D eigenvalue weighted by Gasteiger charge is -2.09. The average Bonchev–Trinajstić information content (AvgIpc) is 3.19. The van der Waals surface area contributed by atoms with Gasteiger partial charge in [-0.2, -0.15) is 13.5 Å². The van der Waals surface area contributed by atoms with Gasteiger partial charge in [0.05, 0.1) is 36.2 Å². The number of amides is 1. The second-order valence-electron chi connectivity index (χ2n) is 6.70. The van der Waals surface area contributed by atoms with Gasteiger partial charge < -0.3 is 10.1 Å². The van der Waals surface area contributed by atoms with Gasteiger partial charge in [-0.05, 0) is 18.2 Å². The number of ether oxygens (including phenoxy) is 1. The van der Waals surface area contributed by atoms with Gasteiger partial charge in [0.25, 0.3) is 10.1 Å². The molecule has 32 heavy (non-hydrogen) atoms. The summed E-state index contributed by atoms with van der Waals surface area (Å²) in [4.78, 5) is 24.9. The largest absolute Gasteiger partial charge is 0.435 e. The quantitative estimate of drug-likeness (QED) is 0.397. The molecule has 3 heterocycles. The van der Waals surface area contributed by atoms with E-state index in [2.05, 4.69) is 25.4 Å². The van der Waals surface area contributed by atoms with Gasteiger partial charge in [0.1, 0.15) is 18.7 Å². The van der Waals surface area contributed by atoms with Crippen molar-refractivity contribution in [3.05, 3.63) is 66.9 Å². The van der Waals surface area contributed by atoms with Crippen LogP contribution in [0.5, 0.6) is 11.6 Å². The molecule has 1 amide bonds. The zero-order chi connectivity index (χ0) is 22.6. The van der Waals surface area contributed by atoms with Gasteiger partial charge >= 0.3 is 0 Å². The van der Waals surface area contributed by atoms with Gasteiger partial charge in [0, 0.05) is 11.8 Å². The van der Waals surface area contributed by atoms with Crippen LogP contribution in [0.25, 0.3) is 10.9 Å². The average molecular weight is 454 g/mol. The zero-order valence-corrected chi connectivity index (χ0v) is 17.7. The Kier molecular flexibility index (Phi) is 6.05. The Morgan fingerprint density at radius 1 is 1.12 bits per heavy atom. The van der Waals surface area contributed by atoms with E-state index in [9.17, 15) is 13.2 Å². The van der Waals surface area contributed by atoms with E-state index in [1.54, 1.807) is 18.3 Å². The molecule has 0 aliphatic heterocycles. The molecule has 4 rings (SSSR count). The second kappa shape index (κ2) is 9.08. The van der Waals surface area contributed by atoms with Crippen molar-refractivity contribution < 1.29 is 22.1 Å².